The van der Waals surface area contributed by atoms with E-state index in [9.17, 15) is 9.59 Å². The predicted molar refractivity (Wildman–Crippen MR) is 73.6 cm³/mol. The highest BCUT2D eigenvalue weighted by atomic mass is 16.4. The van der Waals surface area contributed by atoms with E-state index in [-0.39, 0.29) is 17.5 Å². The fraction of sp³-hybridized carbons (Fsp3) is 0.643. The number of carboxylic acids is 1. The van der Waals surface area contributed by atoms with Crippen LogP contribution in [0.15, 0.2) is 6.07 Å². The van der Waals surface area contributed by atoms with Gasteiger partial charge in [0, 0.05) is 31.1 Å². The summed E-state index contributed by atoms with van der Waals surface area (Å²) in [5, 5.41) is 15.4. The molecule has 1 saturated heterocycles. The molecule has 1 amide bonds. The number of carbonyl (C=O) groups excluding carboxylic acids is 1. The maximum atomic E-state index is 12.0. The molecule has 2 N–H and O–H groups in total. The zero-order valence-corrected chi connectivity index (χ0v) is 11.9. The van der Waals surface area contributed by atoms with Gasteiger partial charge >= 0.3 is 5.97 Å². The fourth-order valence-electron chi connectivity index (χ4n) is 2.57. The highest BCUT2D eigenvalue weighted by Gasteiger charge is 2.25. The van der Waals surface area contributed by atoms with Crippen LogP contribution in [0.3, 0.4) is 0 Å². The summed E-state index contributed by atoms with van der Waals surface area (Å²) in [6.45, 7) is 5.56. The predicted octanol–water partition coefficient (Wildman–Crippen LogP) is 1.86. The molecule has 110 valence electrons. The maximum absolute atomic E-state index is 12.0. The van der Waals surface area contributed by atoms with Crippen LogP contribution in [0.5, 0.6) is 0 Å². The molecule has 1 aliphatic heterocycles. The van der Waals surface area contributed by atoms with Gasteiger partial charge in [-0.25, -0.2) is 4.79 Å². The van der Waals surface area contributed by atoms with Gasteiger partial charge in [0.15, 0.2) is 5.69 Å². The third kappa shape index (κ3) is 3.37. The minimum Gasteiger partial charge on any atom is -0.476 e. The van der Waals surface area contributed by atoms with Gasteiger partial charge in [-0.05, 0) is 24.8 Å². The van der Waals surface area contributed by atoms with Gasteiger partial charge in [0.25, 0.3) is 0 Å². The largest absolute Gasteiger partial charge is 0.476 e. The highest BCUT2D eigenvalue weighted by Crippen LogP contribution is 2.27. The van der Waals surface area contributed by atoms with Gasteiger partial charge in [0.2, 0.25) is 5.91 Å². The van der Waals surface area contributed by atoms with Crippen LogP contribution < -0.4 is 0 Å². The second-order valence-corrected chi connectivity index (χ2v) is 5.77. The first-order valence-electron chi connectivity index (χ1n) is 7.03. The first-order chi connectivity index (χ1) is 9.47. The Hall–Kier alpha value is -1.85. The molecule has 0 unspecified atom stereocenters. The average Bonchev–Trinajstić information content (AvgIpc) is 2.88. The zero-order valence-electron chi connectivity index (χ0n) is 11.9. The lowest BCUT2D eigenvalue weighted by atomic mass is 9.93. The van der Waals surface area contributed by atoms with Crippen molar-refractivity contribution in [1.29, 1.82) is 0 Å². The van der Waals surface area contributed by atoms with Crippen molar-refractivity contribution < 1.29 is 14.7 Å². The van der Waals surface area contributed by atoms with Gasteiger partial charge in [-0.3, -0.25) is 9.89 Å². The van der Waals surface area contributed by atoms with Crippen LogP contribution in [-0.2, 0) is 4.79 Å². The van der Waals surface area contributed by atoms with E-state index in [1.807, 2.05) is 18.7 Å². The van der Waals surface area contributed by atoms with Crippen LogP contribution in [0, 0.1) is 5.92 Å². The Bertz CT molecular complexity index is 488. The minimum atomic E-state index is -1.02. The van der Waals surface area contributed by atoms with Crippen molar-refractivity contribution in [2.45, 2.75) is 39.0 Å². The Morgan fingerprint density at radius 1 is 1.45 bits per heavy atom. The number of nitrogens with one attached hydrogen (secondary N) is 1. The van der Waals surface area contributed by atoms with Crippen LogP contribution >= 0.6 is 0 Å². The van der Waals surface area contributed by atoms with Crippen LogP contribution in [-0.4, -0.2) is 45.2 Å². The summed E-state index contributed by atoms with van der Waals surface area (Å²) >= 11 is 0. The summed E-state index contributed by atoms with van der Waals surface area (Å²) in [6, 6.07) is 1.60. The lowest BCUT2D eigenvalue weighted by Gasteiger charge is -2.32. The van der Waals surface area contributed by atoms with Crippen LogP contribution in [0.4, 0.5) is 0 Å². The van der Waals surface area contributed by atoms with Gasteiger partial charge < -0.3 is 10.0 Å². The molecule has 0 aliphatic carbocycles. The summed E-state index contributed by atoms with van der Waals surface area (Å²) in [5.74, 6) is -0.156. The average molecular weight is 279 g/mol. The Morgan fingerprint density at radius 2 is 2.10 bits per heavy atom. The molecule has 1 fully saturated rings. The molecular weight excluding hydrogens is 258 g/mol. The number of aromatic amines is 1. The molecule has 0 radical (unpaired) electrons. The van der Waals surface area contributed by atoms with Gasteiger partial charge in [-0.2, -0.15) is 5.10 Å². The first kappa shape index (κ1) is 14.6. The number of H-pyrrole nitrogens is 1. The molecule has 20 heavy (non-hydrogen) atoms. The third-order valence-electron chi connectivity index (χ3n) is 3.69. The molecule has 1 aromatic heterocycles. The number of hydrogen-bond donors (Lipinski definition) is 2. The Kier molecular flexibility index (Phi) is 4.42. The molecule has 0 atom stereocenters. The van der Waals surface area contributed by atoms with Crippen molar-refractivity contribution in [2.75, 3.05) is 13.1 Å². The number of likely N-dealkylation sites (tertiary alicyclic amines) is 1. The second-order valence-electron chi connectivity index (χ2n) is 5.77. The normalized spacial score (nSPS) is 16.6. The molecule has 0 bridgehead atoms. The van der Waals surface area contributed by atoms with E-state index < -0.39 is 5.97 Å². The molecule has 2 heterocycles. The van der Waals surface area contributed by atoms with Gasteiger partial charge in [0.1, 0.15) is 0 Å². The van der Waals surface area contributed by atoms with Crippen molar-refractivity contribution in [1.82, 2.24) is 15.1 Å². The van der Waals surface area contributed by atoms with Crippen molar-refractivity contribution >= 4 is 11.9 Å². The summed E-state index contributed by atoms with van der Waals surface area (Å²) in [4.78, 5) is 24.7. The number of aromatic carboxylic acids is 1. The number of amides is 1. The lowest BCUT2D eigenvalue weighted by molar-refractivity contribution is -0.133. The third-order valence-corrected chi connectivity index (χ3v) is 3.69. The Morgan fingerprint density at radius 3 is 2.60 bits per heavy atom. The standard InChI is InChI=1S/C14H21N3O3/c1-9(2)7-13(18)17-5-3-10(4-6-17)11-8-12(14(19)20)16-15-11/h8-10H,3-7H2,1-2H3,(H,15,16)(H,19,20). The monoisotopic (exact) mass is 279 g/mol. The summed E-state index contributed by atoms with van der Waals surface area (Å²) < 4.78 is 0. The molecule has 0 aromatic carbocycles. The summed E-state index contributed by atoms with van der Waals surface area (Å²) in [5.41, 5.74) is 0.914. The van der Waals surface area contributed by atoms with Gasteiger partial charge in [-0.1, -0.05) is 13.8 Å². The number of hydrogen-bond acceptors (Lipinski definition) is 3. The van der Waals surface area contributed by atoms with E-state index in [4.69, 9.17) is 5.11 Å². The van der Waals surface area contributed by atoms with E-state index in [0.29, 0.717) is 12.3 Å². The molecule has 1 aliphatic rings. The first-order valence-corrected chi connectivity index (χ1v) is 7.03. The zero-order chi connectivity index (χ0) is 14.7. The van der Waals surface area contributed by atoms with Crippen molar-refractivity contribution in [3.63, 3.8) is 0 Å². The van der Waals surface area contributed by atoms with E-state index in [2.05, 4.69) is 10.2 Å². The molecule has 0 spiro atoms. The van der Waals surface area contributed by atoms with Crippen molar-refractivity contribution in [2.24, 2.45) is 5.92 Å². The van der Waals surface area contributed by atoms with Gasteiger partial charge in [-0.15, -0.1) is 0 Å². The minimum absolute atomic E-state index is 0.0540. The van der Waals surface area contributed by atoms with Gasteiger partial charge in [0.05, 0.1) is 0 Å². The molecule has 6 nitrogen and oxygen atoms in total. The molecule has 2 rings (SSSR count). The summed E-state index contributed by atoms with van der Waals surface area (Å²) in [7, 11) is 0. The quantitative estimate of drug-likeness (QED) is 0.880. The van der Waals surface area contributed by atoms with Crippen LogP contribution in [0.2, 0.25) is 0 Å². The second kappa shape index (κ2) is 6.07. The Balaban J connectivity index is 1.90. The lowest BCUT2D eigenvalue weighted by Crippen LogP contribution is -2.38. The molecule has 1 aromatic rings. The van der Waals surface area contributed by atoms with E-state index in [1.165, 1.54) is 0 Å². The number of piperidine rings is 1. The van der Waals surface area contributed by atoms with Crippen LogP contribution in [0.25, 0.3) is 0 Å². The SMILES string of the molecule is CC(C)CC(=O)N1CCC(c2cc(C(=O)O)n[nH]2)CC1. The summed E-state index contributed by atoms with van der Waals surface area (Å²) in [6.07, 6.45) is 2.30. The number of carbonyl (C=O) groups is 2. The fourth-order valence-corrected chi connectivity index (χ4v) is 2.57. The number of aromatic nitrogens is 2. The van der Waals surface area contributed by atoms with E-state index in [0.717, 1.165) is 31.6 Å². The smallest absolute Gasteiger partial charge is 0.356 e. The molecule has 6 heteroatoms. The van der Waals surface area contributed by atoms with Crippen molar-refractivity contribution in [3.8, 4) is 0 Å². The molecule has 0 saturated carbocycles. The number of nitrogens with zero attached hydrogens (tertiary/aromatic N) is 2. The molecular formula is C14H21N3O3. The number of rotatable bonds is 4. The maximum Gasteiger partial charge on any atom is 0.356 e. The van der Waals surface area contributed by atoms with E-state index in [1.54, 1.807) is 6.07 Å². The Labute approximate surface area is 118 Å². The van der Waals surface area contributed by atoms with Crippen molar-refractivity contribution in [3.05, 3.63) is 17.5 Å². The van der Waals surface area contributed by atoms with E-state index >= 15 is 0 Å². The number of carboxylic acid groups (broad SMARTS) is 1. The highest BCUT2D eigenvalue weighted by molar-refractivity contribution is 5.85. The van der Waals surface area contributed by atoms with Crippen LogP contribution in [0.1, 0.15) is 55.2 Å². The topological polar surface area (TPSA) is 86.3 Å².